The number of nitrogens with two attached hydrogens (primary N) is 1. The highest BCUT2D eigenvalue weighted by molar-refractivity contribution is 5.75. The summed E-state index contributed by atoms with van der Waals surface area (Å²) in [4.78, 5) is 11.0. The Morgan fingerprint density at radius 1 is 1.38 bits per heavy atom. The molecule has 13 heavy (non-hydrogen) atoms. The van der Waals surface area contributed by atoms with Crippen LogP contribution >= 0.6 is 0 Å². The third-order valence-electron chi connectivity index (χ3n) is 1.68. The number of hydrogen-bond acceptors (Lipinski definition) is 2. The Kier molecular flexibility index (Phi) is 8.38. The molecule has 74 valence electrons. The molecule has 0 heterocycles. The molecule has 3 N–H and O–H groups in total. The van der Waals surface area contributed by atoms with E-state index in [-0.39, 0.29) is 5.91 Å². The maximum atomic E-state index is 11.0. The predicted octanol–water partition coefficient (Wildman–Crippen LogP) is 0.645. The molecule has 0 aromatic carbocycles. The monoisotopic (exact) mass is 182 g/mol. The average Bonchev–Trinajstić information content (AvgIpc) is 2.14. The first-order valence-corrected chi connectivity index (χ1v) is 4.71. The van der Waals surface area contributed by atoms with Crippen molar-refractivity contribution in [3.63, 3.8) is 0 Å². The first-order chi connectivity index (χ1) is 6.31. The summed E-state index contributed by atoms with van der Waals surface area (Å²) in [5.74, 6) is 2.65. The third kappa shape index (κ3) is 8.90. The fourth-order valence-corrected chi connectivity index (χ4v) is 0.931. The smallest absolute Gasteiger partial charge is 0.220 e. The van der Waals surface area contributed by atoms with Gasteiger partial charge in [0, 0.05) is 19.4 Å². The topological polar surface area (TPSA) is 55.1 Å². The zero-order valence-corrected chi connectivity index (χ0v) is 8.01. The second-order valence-corrected chi connectivity index (χ2v) is 2.90. The summed E-state index contributed by atoms with van der Waals surface area (Å²) >= 11 is 0. The highest BCUT2D eigenvalue weighted by Crippen LogP contribution is 1.92. The summed E-state index contributed by atoms with van der Waals surface area (Å²) in [6.07, 6.45) is 9.11. The minimum atomic E-state index is 0.0890. The van der Waals surface area contributed by atoms with Gasteiger partial charge in [0.05, 0.1) is 0 Å². The van der Waals surface area contributed by atoms with Crippen molar-refractivity contribution >= 4 is 5.91 Å². The normalized spacial score (nSPS) is 9.23. The van der Waals surface area contributed by atoms with Gasteiger partial charge in [-0.25, -0.2) is 0 Å². The van der Waals surface area contributed by atoms with E-state index in [9.17, 15) is 4.79 Å². The van der Waals surface area contributed by atoms with Crippen molar-refractivity contribution in [2.45, 2.75) is 32.1 Å². The van der Waals surface area contributed by atoms with Gasteiger partial charge in [-0.1, -0.05) is 0 Å². The summed E-state index contributed by atoms with van der Waals surface area (Å²) in [6, 6.07) is 0. The van der Waals surface area contributed by atoms with Gasteiger partial charge in [0.2, 0.25) is 5.91 Å². The van der Waals surface area contributed by atoms with Crippen LogP contribution in [0.2, 0.25) is 0 Å². The molecule has 0 atom stereocenters. The number of unbranched alkanes of at least 4 members (excludes halogenated alkanes) is 2. The lowest BCUT2D eigenvalue weighted by atomic mass is 10.2. The van der Waals surface area contributed by atoms with E-state index in [1.807, 2.05) is 0 Å². The molecular weight excluding hydrogens is 164 g/mol. The molecule has 0 aliphatic rings. The zero-order valence-electron chi connectivity index (χ0n) is 8.01. The number of carbonyl (C=O) groups is 1. The van der Waals surface area contributed by atoms with E-state index in [2.05, 4.69) is 11.2 Å². The number of amides is 1. The van der Waals surface area contributed by atoms with Crippen LogP contribution < -0.4 is 11.1 Å². The van der Waals surface area contributed by atoms with E-state index in [1.165, 1.54) is 0 Å². The lowest BCUT2D eigenvalue weighted by Gasteiger charge is -2.02. The number of rotatable bonds is 7. The molecule has 0 radical (unpaired) electrons. The first kappa shape index (κ1) is 12.0. The Morgan fingerprint density at radius 3 is 2.77 bits per heavy atom. The Morgan fingerprint density at radius 2 is 2.15 bits per heavy atom. The Hall–Kier alpha value is -1.01. The van der Waals surface area contributed by atoms with Gasteiger partial charge in [-0.15, -0.1) is 12.3 Å². The summed E-state index contributed by atoms with van der Waals surface area (Å²) in [7, 11) is 0. The van der Waals surface area contributed by atoms with Crippen LogP contribution in [0.5, 0.6) is 0 Å². The van der Waals surface area contributed by atoms with Crippen LogP contribution in [0.3, 0.4) is 0 Å². The zero-order chi connectivity index (χ0) is 9.94. The second kappa shape index (κ2) is 9.08. The van der Waals surface area contributed by atoms with Crippen LogP contribution in [-0.2, 0) is 4.79 Å². The molecule has 3 heteroatoms. The molecule has 0 rings (SSSR count). The van der Waals surface area contributed by atoms with Crippen LogP contribution in [0.4, 0.5) is 0 Å². The molecule has 3 nitrogen and oxygen atoms in total. The molecule has 0 spiro atoms. The van der Waals surface area contributed by atoms with E-state index in [0.717, 1.165) is 32.2 Å². The standard InChI is InChI=1S/C10H18N2O/c1-2-3-4-5-9-12-10(13)7-6-8-11/h1H,3-9,11H2,(H,12,13). The molecule has 0 fully saturated rings. The van der Waals surface area contributed by atoms with Crippen LogP contribution in [0, 0.1) is 12.3 Å². The number of nitrogens with one attached hydrogen (secondary N) is 1. The fraction of sp³-hybridized carbons (Fsp3) is 0.700. The summed E-state index contributed by atoms with van der Waals surface area (Å²) in [5, 5.41) is 2.81. The van der Waals surface area contributed by atoms with Gasteiger partial charge in [0.1, 0.15) is 0 Å². The molecule has 0 unspecified atom stereocenters. The highest BCUT2D eigenvalue weighted by Gasteiger charge is 1.97. The second-order valence-electron chi connectivity index (χ2n) is 2.90. The van der Waals surface area contributed by atoms with E-state index in [4.69, 9.17) is 12.2 Å². The van der Waals surface area contributed by atoms with E-state index in [0.29, 0.717) is 13.0 Å². The maximum absolute atomic E-state index is 11.0. The molecule has 0 aliphatic carbocycles. The molecular formula is C10H18N2O. The van der Waals surface area contributed by atoms with Gasteiger partial charge < -0.3 is 11.1 Å². The summed E-state index contributed by atoms with van der Waals surface area (Å²) in [6.45, 7) is 1.30. The SMILES string of the molecule is C#CCCCCNC(=O)CCCN. The molecule has 0 aromatic heterocycles. The average molecular weight is 182 g/mol. The van der Waals surface area contributed by atoms with Gasteiger partial charge >= 0.3 is 0 Å². The van der Waals surface area contributed by atoms with Crippen molar-refractivity contribution in [1.82, 2.24) is 5.32 Å². The van der Waals surface area contributed by atoms with E-state index in [1.54, 1.807) is 0 Å². The van der Waals surface area contributed by atoms with Gasteiger partial charge in [0.15, 0.2) is 0 Å². The predicted molar refractivity (Wildman–Crippen MR) is 54.0 cm³/mol. The minimum absolute atomic E-state index is 0.0890. The van der Waals surface area contributed by atoms with Gasteiger partial charge in [-0.05, 0) is 25.8 Å². The van der Waals surface area contributed by atoms with E-state index < -0.39 is 0 Å². The number of terminal acetylenes is 1. The van der Waals surface area contributed by atoms with Crippen molar-refractivity contribution in [1.29, 1.82) is 0 Å². The first-order valence-electron chi connectivity index (χ1n) is 4.71. The van der Waals surface area contributed by atoms with E-state index >= 15 is 0 Å². The van der Waals surface area contributed by atoms with Crippen LogP contribution in [0.25, 0.3) is 0 Å². The van der Waals surface area contributed by atoms with Crippen molar-refractivity contribution in [2.24, 2.45) is 5.73 Å². The molecule has 0 bridgehead atoms. The Bertz CT molecular complexity index is 172. The van der Waals surface area contributed by atoms with Crippen molar-refractivity contribution in [2.75, 3.05) is 13.1 Å². The largest absolute Gasteiger partial charge is 0.356 e. The Labute approximate surface area is 80.1 Å². The van der Waals surface area contributed by atoms with Crippen molar-refractivity contribution in [3.05, 3.63) is 0 Å². The molecule has 0 aliphatic heterocycles. The molecule has 0 saturated carbocycles. The third-order valence-corrected chi connectivity index (χ3v) is 1.68. The van der Waals surface area contributed by atoms with Crippen LogP contribution in [-0.4, -0.2) is 19.0 Å². The highest BCUT2D eigenvalue weighted by atomic mass is 16.1. The summed E-state index contributed by atoms with van der Waals surface area (Å²) in [5.41, 5.74) is 5.27. The lowest BCUT2D eigenvalue weighted by Crippen LogP contribution is -2.24. The van der Waals surface area contributed by atoms with Crippen molar-refractivity contribution in [3.8, 4) is 12.3 Å². The molecule has 0 aromatic rings. The molecule has 1 amide bonds. The van der Waals surface area contributed by atoms with Crippen LogP contribution in [0.15, 0.2) is 0 Å². The van der Waals surface area contributed by atoms with Gasteiger partial charge in [-0.3, -0.25) is 4.79 Å². The van der Waals surface area contributed by atoms with Gasteiger partial charge in [0.25, 0.3) is 0 Å². The van der Waals surface area contributed by atoms with Crippen molar-refractivity contribution < 1.29 is 4.79 Å². The minimum Gasteiger partial charge on any atom is -0.356 e. The maximum Gasteiger partial charge on any atom is 0.220 e. The summed E-state index contributed by atoms with van der Waals surface area (Å²) < 4.78 is 0. The fourth-order valence-electron chi connectivity index (χ4n) is 0.931. The van der Waals surface area contributed by atoms with Gasteiger partial charge in [-0.2, -0.15) is 0 Å². The quantitative estimate of drug-likeness (QED) is 0.448. The number of carbonyl (C=O) groups excluding carboxylic acids is 1. The number of hydrogen-bond donors (Lipinski definition) is 2. The van der Waals surface area contributed by atoms with Crippen LogP contribution in [0.1, 0.15) is 32.1 Å². The Balaban J connectivity index is 3.13. The molecule has 0 saturated heterocycles. The lowest BCUT2D eigenvalue weighted by molar-refractivity contribution is -0.121.